The Morgan fingerprint density at radius 3 is 2.68 bits per heavy atom. The van der Waals surface area contributed by atoms with E-state index in [1.807, 2.05) is 30.5 Å². The zero-order valence-corrected chi connectivity index (χ0v) is 17.8. The van der Waals surface area contributed by atoms with Crippen molar-refractivity contribution in [3.63, 3.8) is 0 Å². The summed E-state index contributed by atoms with van der Waals surface area (Å²) in [5.41, 5.74) is 6.09. The summed E-state index contributed by atoms with van der Waals surface area (Å²) in [5.74, 6) is -0.0219. The SMILES string of the molecule is COc1ccc(C)cc1-c1csc(NC(=O)c2ccc(N3NC(=O)CCC3=O)cc2)n1. The smallest absolute Gasteiger partial charge is 0.257 e. The van der Waals surface area contributed by atoms with E-state index < -0.39 is 0 Å². The molecule has 1 fully saturated rings. The molecule has 1 aliphatic rings. The van der Waals surface area contributed by atoms with Gasteiger partial charge in [0.2, 0.25) is 11.8 Å². The topological polar surface area (TPSA) is 101 Å². The molecule has 0 radical (unpaired) electrons. The molecule has 0 unspecified atom stereocenters. The van der Waals surface area contributed by atoms with Gasteiger partial charge in [0.25, 0.3) is 5.91 Å². The summed E-state index contributed by atoms with van der Waals surface area (Å²) in [5, 5.41) is 6.32. The fourth-order valence-corrected chi connectivity index (χ4v) is 3.90. The summed E-state index contributed by atoms with van der Waals surface area (Å²) < 4.78 is 5.41. The van der Waals surface area contributed by atoms with Crippen LogP contribution < -0.4 is 20.5 Å². The number of carbonyl (C=O) groups excluding carboxylic acids is 3. The number of rotatable bonds is 5. The maximum atomic E-state index is 12.6. The molecule has 158 valence electrons. The minimum atomic E-state index is -0.322. The summed E-state index contributed by atoms with van der Waals surface area (Å²) in [7, 11) is 1.61. The van der Waals surface area contributed by atoms with Gasteiger partial charge in [-0.1, -0.05) is 11.6 Å². The van der Waals surface area contributed by atoms with Crippen LogP contribution in [-0.4, -0.2) is 29.8 Å². The van der Waals surface area contributed by atoms with Crippen molar-refractivity contribution < 1.29 is 19.1 Å². The molecule has 2 heterocycles. The fourth-order valence-electron chi connectivity index (χ4n) is 3.19. The molecule has 0 saturated carbocycles. The minimum Gasteiger partial charge on any atom is -0.496 e. The lowest BCUT2D eigenvalue weighted by atomic mass is 10.1. The largest absolute Gasteiger partial charge is 0.496 e. The van der Waals surface area contributed by atoms with Crippen molar-refractivity contribution in [2.24, 2.45) is 0 Å². The Balaban J connectivity index is 1.48. The predicted octanol–water partition coefficient (Wildman–Crippen LogP) is 3.54. The highest BCUT2D eigenvalue weighted by Crippen LogP contribution is 2.33. The number of benzene rings is 2. The van der Waals surface area contributed by atoms with Gasteiger partial charge in [-0.25, -0.2) is 9.99 Å². The standard InChI is InChI=1S/C22H20N4O4S/c1-13-3-8-18(30-2)16(11-13)17-12-31-22(23-17)24-21(29)14-4-6-15(7-5-14)26-20(28)10-9-19(27)25-26/h3-8,11-12H,9-10H2,1-2H3,(H,25,27)(H,23,24,29). The van der Waals surface area contributed by atoms with Crippen LogP contribution in [0.5, 0.6) is 5.75 Å². The van der Waals surface area contributed by atoms with Crippen LogP contribution in [0.4, 0.5) is 10.8 Å². The first-order valence-electron chi connectivity index (χ1n) is 9.59. The quantitative estimate of drug-likeness (QED) is 0.637. The van der Waals surface area contributed by atoms with Crippen LogP contribution in [0.2, 0.25) is 0 Å². The first-order chi connectivity index (χ1) is 14.9. The number of ether oxygens (including phenoxy) is 1. The van der Waals surface area contributed by atoms with Gasteiger partial charge in [-0.15, -0.1) is 11.3 Å². The molecule has 0 spiro atoms. The molecular formula is C22H20N4O4S. The average Bonchev–Trinajstić information content (AvgIpc) is 3.24. The van der Waals surface area contributed by atoms with Crippen molar-refractivity contribution in [1.29, 1.82) is 0 Å². The van der Waals surface area contributed by atoms with Crippen molar-refractivity contribution in [2.75, 3.05) is 17.4 Å². The third-order valence-electron chi connectivity index (χ3n) is 4.80. The Morgan fingerprint density at radius 2 is 1.94 bits per heavy atom. The third-order valence-corrected chi connectivity index (χ3v) is 5.55. The number of methoxy groups -OCH3 is 1. The van der Waals surface area contributed by atoms with Crippen molar-refractivity contribution in [3.8, 4) is 17.0 Å². The molecule has 2 aromatic carbocycles. The Morgan fingerprint density at radius 1 is 1.16 bits per heavy atom. The van der Waals surface area contributed by atoms with Gasteiger partial charge in [0.05, 0.1) is 18.5 Å². The van der Waals surface area contributed by atoms with Crippen molar-refractivity contribution in [3.05, 3.63) is 59.0 Å². The number of hydrogen-bond acceptors (Lipinski definition) is 6. The lowest BCUT2D eigenvalue weighted by Crippen LogP contribution is -2.50. The van der Waals surface area contributed by atoms with Crippen LogP contribution in [0.25, 0.3) is 11.3 Å². The normalized spacial score (nSPS) is 13.7. The molecular weight excluding hydrogens is 416 g/mol. The second-order valence-corrected chi connectivity index (χ2v) is 7.86. The van der Waals surface area contributed by atoms with E-state index in [2.05, 4.69) is 15.7 Å². The van der Waals surface area contributed by atoms with Crippen LogP contribution in [0.3, 0.4) is 0 Å². The molecule has 0 atom stereocenters. The molecule has 1 saturated heterocycles. The van der Waals surface area contributed by atoms with E-state index in [0.29, 0.717) is 22.1 Å². The van der Waals surface area contributed by atoms with E-state index in [-0.39, 0.29) is 30.6 Å². The zero-order chi connectivity index (χ0) is 22.0. The number of nitrogens with zero attached hydrogens (tertiary/aromatic N) is 2. The lowest BCUT2D eigenvalue weighted by molar-refractivity contribution is -0.130. The summed E-state index contributed by atoms with van der Waals surface area (Å²) in [6, 6.07) is 12.3. The van der Waals surface area contributed by atoms with Gasteiger partial charge in [-0.05, 0) is 43.3 Å². The van der Waals surface area contributed by atoms with Crippen LogP contribution >= 0.6 is 11.3 Å². The molecule has 3 amide bonds. The van der Waals surface area contributed by atoms with Crippen molar-refractivity contribution in [1.82, 2.24) is 10.4 Å². The van der Waals surface area contributed by atoms with E-state index in [4.69, 9.17) is 4.74 Å². The Labute approximate surface area is 182 Å². The van der Waals surface area contributed by atoms with Crippen LogP contribution in [0.1, 0.15) is 28.8 Å². The molecule has 0 bridgehead atoms. The number of nitrogens with one attached hydrogen (secondary N) is 2. The number of thiazole rings is 1. The maximum absolute atomic E-state index is 12.6. The molecule has 0 aliphatic carbocycles. The third kappa shape index (κ3) is 4.41. The van der Waals surface area contributed by atoms with Gasteiger partial charge in [0.15, 0.2) is 5.13 Å². The highest BCUT2D eigenvalue weighted by molar-refractivity contribution is 7.14. The molecule has 8 nitrogen and oxygen atoms in total. The maximum Gasteiger partial charge on any atom is 0.257 e. The highest BCUT2D eigenvalue weighted by Gasteiger charge is 2.24. The molecule has 4 rings (SSSR count). The van der Waals surface area contributed by atoms with Gasteiger partial charge in [-0.3, -0.25) is 25.1 Å². The van der Waals surface area contributed by atoms with Crippen LogP contribution in [0.15, 0.2) is 47.8 Å². The molecule has 9 heteroatoms. The number of hydrazine groups is 1. The van der Waals surface area contributed by atoms with Crippen molar-refractivity contribution in [2.45, 2.75) is 19.8 Å². The van der Waals surface area contributed by atoms with E-state index in [1.165, 1.54) is 16.3 Å². The first-order valence-corrected chi connectivity index (χ1v) is 10.5. The number of aromatic nitrogens is 1. The van der Waals surface area contributed by atoms with E-state index in [9.17, 15) is 14.4 Å². The Bertz CT molecular complexity index is 1160. The number of anilines is 2. The van der Waals surface area contributed by atoms with Crippen LogP contribution in [-0.2, 0) is 9.59 Å². The minimum absolute atomic E-state index is 0.159. The second kappa shape index (κ2) is 8.57. The number of hydrogen-bond donors (Lipinski definition) is 2. The van der Waals surface area contributed by atoms with E-state index in [1.54, 1.807) is 31.4 Å². The number of aryl methyl sites for hydroxylation is 1. The summed E-state index contributed by atoms with van der Waals surface area (Å²) in [4.78, 5) is 40.7. The van der Waals surface area contributed by atoms with Crippen LogP contribution in [0, 0.1) is 6.92 Å². The summed E-state index contributed by atoms with van der Waals surface area (Å²) in [6.45, 7) is 1.99. The molecule has 31 heavy (non-hydrogen) atoms. The zero-order valence-electron chi connectivity index (χ0n) is 17.0. The van der Waals surface area contributed by atoms with E-state index >= 15 is 0 Å². The summed E-state index contributed by atoms with van der Waals surface area (Å²) in [6.07, 6.45) is 0.340. The monoisotopic (exact) mass is 436 g/mol. The molecule has 1 aromatic heterocycles. The second-order valence-electron chi connectivity index (χ2n) is 7.01. The Kier molecular flexibility index (Phi) is 5.68. The molecule has 3 aromatic rings. The molecule has 1 aliphatic heterocycles. The highest BCUT2D eigenvalue weighted by atomic mass is 32.1. The number of carbonyl (C=O) groups is 3. The van der Waals surface area contributed by atoms with Gasteiger partial charge in [0.1, 0.15) is 5.75 Å². The van der Waals surface area contributed by atoms with Gasteiger partial charge >= 0.3 is 0 Å². The predicted molar refractivity (Wildman–Crippen MR) is 118 cm³/mol. The average molecular weight is 436 g/mol. The Hall–Kier alpha value is -3.72. The van der Waals surface area contributed by atoms with Crippen molar-refractivity contribution >= 4 is 39.9 Å². The van der Waals surface area contributed by atoms with Gasteiger partial charge in [0, 0.05) is 29.3 Å². The number of amides is 3. The van der Waals surface area contributed by atoms with Gasteiger partial charge in [-0.2, -0.15) is 0 Å². The summed E-state index contributed by atoms with van der Waals surface area (Å²) >= 11 is 1.32. The first kappa shape index (κ1) is 20.5. The molecule has 2 N–H and O–H groups in total. The lowest BCUT2D eigenvalue weighted by Gasteiger charge is -2.27. The van der Waals surface area contributed by atoms with E-state index in [0.717, 1.165) is 16.8 Å². The fraction of sp³-hybridized carbons (Fsp3) is 0.182. The van der Waals surface area contributed by atoms with Gasteiger partial charge < -0.3 is 4.74 Å².